The Hall–Kier alpha value is -1.85. The molecule has 1 unspecified atom stereocenters. The Morgan fingerprint density at radius 2 is 2.32 bits per heavy atom. The molecule has 5 heteroatoms. The molecule has 1 aliphatic carbocycles. The molecule has 2 N–H and O–H groups in total. The second-order valence-electron chi connectivity index (χ2n) is 7.99. The molecule has 1 aliphatic heterocycles. The summed E-state index contributed by atoms with van der Waals surface area (Å²) in [5.41, 5.74) is 2.71. The first kappa shape index (κ1) is 16.6. The van der Waals surface area contributed by atoms with Gasteiger partial charge in [-0.3, -0.25) is 4.98 Å². The van der Waals surface area contributed by atoms with E-state index in [-0.39, 0.29) is 11.5 Å². The zero-order valence-corrected chi connectivity index (χ0v) is 15.0. The number of furan rings is 1. The number of rotatable bonds is 5. The minimum atomic E-state index is 0.246. The Kier molecular flexibility index (Phi) is 4.52. The van der Waals surface area contributed by atoms with E-state index >= 15 is 0 Å². The van der Waals surface area contributed by atoms with Crippen LogP contribution in [0.4, 0.5) is 0 Å². The van der Waals surface area contributed by atoms with Gasteiger partial charge in [0.05, 0.1) is 12.5 Å². The first-order valence-corrected chi connectivity index (χ1v) is 9.21. The second-order valence-corrected chi connectivity index (χ2v) is 7.99. The molecule has 0 amide bonds. The third-order valence-corrected chi connectivity index (χ3v) is 5.27. The standard InChI is InChI=1S/C20H27N3O2/c1-20(2)9-17(16-5-8-24-18(16)10-20)23-11-14-3-6-22-13-19(14)25-15-4-7-21-12-15/h3,5-6,8,13,15,17,21,23H,4,7,9-12H2,1-2H3/t15-,17?/m0/s1. The molecule has 2 aliphatic rings. The Bertz CT molecular complexity index is 719. The van der Waals surface area contributed by atoms with Crippen LogP contribution in [-0.4, -0.2) is 24.2 Å². The zero-order valence-electron chi connectivity index (χ0n) is 15.0. The number of fused-ring (bicyclic) bond motifs is 1. The highest BCUT2D eigenvalue weighted by molar-refractivity contribution is 5.31. The highest BCUT2D eigenvalue weighted by Gasteiger charge is 2.34. The summed E-state index contributed by atoms with van der Waals surface area (Å²) in [6.07, 6.45) is 8.90. The first-order valence-electron chi connectivity index (χ1n) is 9.21. The second kappa shape index (κ2) is 6.81. The van der Waals surface area contributed by atoms with Crippen LogP contribution in [0.5, 0.6) is 5.75 Å². The Morgan fingerprint density at radius 3 is 3.16 bits per heavy atom. The number of hydrogen-bond donors (Lipinski definition) is 2. The van der Waals surface area contributed by atoms with Crippen molar-refractivity contribution in [3.05, 3.63) is 47.7 Å². The molecule has 0 spiro atoms. The normalized spacial score (nSPS) is 24.9. The topological polar surface area (TPSA) is 59.3 Å². The van der Waals surface area contributed by atoms with Crippen LogP contribution in [0.15, 0.2) is 35.2 Å². The van der Waals surface area contributed by atoms with Gasteiger partial charge in [0, 0.05) is 42.9 Å². The summed E-state index contributed by atoms with van der Waals surface area (Å²) < 4.78 is 11.9. The fourth-order valence-electron chi connectivity index (χ4n) is 3.96. The fourth-order valence-corrected chi connectivity index (χ4v) is 3.96. The molecule has 2 atom stereocenters. The quantitative estimate of drug-likeness (QED) is 0.874. The summed E-state index contributed by atoms with van der Waals surface area (Å²) in [7, 11) is 0. The maximum Gasteiger partial charge on any atom is 0.142 e. The largest absolute Gasteiger partial charge is 0.487 e. The predicted octanol–water partition coefficient (Wildman–Crippen LogP) is 3.22. The van der Waals surface area contributed by atoms with Crippen molar-refractivity contribution < 1.29 is 9.15 Å². The van der Waals surface area contributed by atoms with Gasteiger partial charge in [0.25, 0.3) is 0 Å². The lowest BCUT2D eigenvalue weighted by atomic mass is 9.75. The zero-order chi connectivity index (χ0) is 17.3. The van der Waals surface area contributed by atoms with Crippen LogP contribution in [0, 0.1) is 5.41 Å². The van der Waals surface area contributed by atoms with Gasteiger partial charge < -0.3 is 19.8 Å². The lowest BCUT2D eigenvalue weighted by Gasteiger charge is -2.35. The number of ether oxygens (including phenoxy) is 1. The lowest BCUT2D eigenvalue weighted by molar-refractivity contribution is 0.216. The molecule has 0 aromatic carbocycles. The third-order valence-electron chi connectivity index (χ3n) is 5.27. The lowest BCUT2D eigenvalue weighted by Crippen LogP contribution is -2.32. The maximum absolute atomic E-state index is 6.16. The monoisotopic (exact) mass is 341 g/mol. The van der Waals surface area contributed by atoms with E-state index < -0.39 is 0 Å². The van der Waals surface area contributed by atoms with Crippen LogP contribution >= 0.6 is 0 Å². The number of aromatic nitrogens is 1. The Labute approximate surface area is 149 Å². The summed E-state index contributed by atoms with van der Waals surface area (Å²) in [6.45, 7) is 7.32. The van der Waals surface area contributed by atoms with E-state index in [1.54, 1.807) is 0 Å². The van der Waals surface area contributed by atoms with Gasteiger partial charge in [-0.25, -0.2) is 0 Å². The highest BCUT2D eigenvalue weighted by atomic mass is 16.5. The molecule has 0 saturated carbocycles. The van der Waals surface area contributed by atoms with E-state index in [1.165, 1.54) is 5.56 Å². The molecule has 1 saturated heterocycles. The summed E-state index contributed by atoms with van der Waals surface area (Å²) >= 11 is 0. The molecular weight excluding hydrogens is 314 g/mol. The molecule has 25 heavy (non-hydrogen) atoms. The van der Waals surface area contributed by atoms with Crippen molar-refractivity contribution in [2.45, 2.75) is 51.8 Å². The van der Waals surface area contributed by atoms with Crippen molar-refractivity contribution in [2.75, 3.05) is 13.1 Å². The van der Waals surface area contributed by atoms with Gasteiger partial charge in [-0.15, -0.1) is 0 Å². The van der Waals surface area contributed by atoms with Crippen molar-refractivity contribution in [1.82, 2.24) is 15.6 Å². The molecule has 4 rings (SSSR count). The average Bonchev–Trinajstić information content (AvgIpc) is 3.24. The molecule has 0 bridgehead atoms. The van der Waals surface area contributed by atoms with Crippen LogP contribution in [0.1, 0.15) is 49.6 Å². The van der Waals surface area contributed by atoms with Gasteiger partial charge in [-0.2, -0.15) is 0 Å². The molecule has 1 fully saturated rings. The van der Waals surface area contributed by atoms with E-state index in [9.17, 15) is 0 Å². The number of hydrogen-bond acceptors (Lipinski definition) is 5. The van der Waals surface area contributed by atoms with Crippen molar-refractivity contribution >= 4 is 0 Å². The van der Waals surface area contributed by atoms with Crippen LogP contribution < -0.4 is 15.4 Å². The molecular formula is C20H27N3O2. The van der Waals surface area contributed by atoms with Crippen LogP contribution in [-0.2, 0) is 13.0 Å². The summed E-state index contributed by atoms with van der Waals surface area (Å²) in [6, 6.07) is 4.47. The SMILES string of the molecule is CC1(C)Cc2occc2C(NCc2ccncc2O[C@H]2CCNC2)C1. The number of nitrogens with one attached hydrogen (secondary N) is 2. The van der Waals surface area contributed by atoms with Crippen LogP contribution in [0.3, 0.4) is 0 Å². The van der Waals surface area contributed by atoms with E-state index in [1.807, 2.05) is 18.7 Å². The number of nitrogens with zero attached hydrogens (tertiary/aromatic N) is 1. The van der Waals surface area contributed by atoms with Crippen molar-refractivity contribution in [2.24, 2.45) is 5.41 Å². The van der Waals surface area contributed by atoms with E-state index in [4.69, 9.17) is 9.15 Å². The third kappa shape index (κ3) is 3.72. The van der Waals surface area contributed by atoms with Gasteiger partial charge in [0.1, 0.15) is 17.6 Å². The minimum Gasteiger partial charge on any atom is -0.487 e. The molecule has 3 heterocycles. The summed E-state index contributed by atoms with van der Waals surface area (Å²) in [4.78, 5) is 4.24. The Morgan fingerprint density at radius 1 is 1.40 bits per heavy atom. The van der Waals surface area contributed by atoms with E-state index in [2.05, 4.69) is 41.6 Å². The van der Waals surface area contributed by atoms with Crippen molar-refractivity contribution in [3.8, 4) is 5.75 Å². The fraction of sp³-hybridized carbons (Fsp3) is 0.550. The maximum atomic E-state index is 6.16. The van der Waals surface area contributed by atoms with Crippen LogP contribution in [0.2, 0.25) is 0 Å². The first-order chi connectivity index (χ1) is 12.1. The Balaban J connectivity index is 1.47. The van der Waals surface area contributed by atoms with Gasteiger partial charge in [0.15, 0.2) is 0 Å². The smallest absolute Gasteiger partial charge is 0.142 e. The summed E-state index contributed by atoms with van der Waals surface area (Å²) in [5, 5.41) is 7.06. The number of pyridine rings is 1. The molecule has 134 valence electrons. The average molecular weight is 341 g/mol. The van der Waals surface area contributed by atoms with Crippen LogP contribution in [0.25, 0.3) is 0 Å². The summed E-state index contributed by atoms with van der Waals surface area (Å²) in [5.74, 6) is 2.02. The molecule has 0 radical (unpaired) electrons. The predicted molar refractivity (Wildman–Crippen MR) is 96.5 cm³/mol. The van der Waals surface area contributed by atoms with E-state index in [0.717, 1.165) is 56.0 Å². The molecule has 2 aromatic heterocycles. The minimum absolute atomic E-state index is 0.246. The molecule has 5 nitrogen and oxygen atoms in total. The van der Waals surface area contributed by atoms with Crippen molar-refractivity contribution in [1.29, 1.82) is 0 Å². The molecule has 2 aromatic rings. The highest BCUT2D eigenvalue weighted by Crippen LogP contribution is 2.41. The van der Waals surface area contributed by atoms with Gasteiger partial charge in [-0.1, -0.05) is 13.8 Å². The van der Waals surface area contributed by atoms with Gasteiger partial charge in [0.2, 0.25) is 0 Å². The van der Waals surface area contributed by atoms with Gasteiger partial charge >= 0.3 is 0 Å². The van der Waals surface area contributed by atoms with Gasteiger partial charge in [-0.05, 0) is 36.9 Å². The van der Waals surface area contributed by atoms with E-state index in [0.29, 0.717) is 6.04 Å². The van der Waals surface area contributed by atoms with Crippen molar-refractivity contribution in [3.63, 3.8) is 0 Å².